The molecule has 0 aliphatic rings. The molecule has 0 fully saturated rings. The molecule has 0 aromatic carbocycles. The minimum absolute atomic E-state index is 0.643. The number of rotatable bonds is 1. The van der Waals surface area contributed by atoms with Crippen LogP contribution in [0.4, 0.5) is 0 Å². The van der Waals surface area contributed by atoms with Crippen molar-refractivity contribution in [2.75, 3.05) is 0 Å². The number of pyridine rings is 1. The summed E-state index contributed by atoms with van der Waals surface area (Å²) < 4.78 is 1.68. The summed E-state index contributed by atoms with van der Waals surface area (Å²) in [7, 11) is 0. The van der Waals surface area contributed by atoms with E-state index in [-0.39, 0.29) is 0 Å². The second-order valence-corrected chi connectivity index (χ2v) is 3.32. The summed E-state index contributed by atoms with van der Waals surface area (Å²) in [5.41, 5.74) is 1.83. The first-order valence-corrected chi connectivity index (χ1v) is 4.61. The highest BCUT2D eigenvalue weighted by molar-refractivity contribution is 6.30. The van der Waals surface area contributed by atoms with Crippen LogP contribution in [0.5, 0.6) is 0 Å². The van der Waals surface area contributed by atoms with Crippen molar-refractivity contribution in [3.05, 3.63) is 28.7 Å². The van der Waals surface area contributed by atoms with Gasteiger partial charge >= 0.3 is 0 Å². The molecule has 2 aromatic rings. The molecule has 0 bridgehead atoms. The Labute approximate surface area is 81.4 Å². The average Bonchev–Trinajstić information content (AvgIpc) is 2.55. The molecule has 0 N–H and O–H groups in total. The first-order chi connectivity index (χ1) is 6.22. The number of nitrogens with zero attached hydrogens (tertiary/aromatic N) is 3. The number of hydrogen-bond acceptors (Lipinski definition) is 2. The Balaban J connectivity index is 2.76. The van der Waals surface area contributed by atoms with Crippen LogP contribution in [-0.4, -0.2) is 14.6 Å². The number of halogens is 1. The molecular formula is C9H10ClN3. The van der Waals surface area contributed by atoms with Crippen molar-refractivity contribution in [1.29, 1.82) is 0 Å². The zero-order valence-corrected chi connectivity index (χ0v) is 8.34. The fraction of sp³-hybridized carbons (Fsp3) is 0.333. The third-order valence-electron chi connectivity index (χ3n) is 1.99. The van der Waals surface area contributed by atoms with Crippen LogP contribution in [0.2, 0.25) is 5.15 Å². The Bertz CT molecular complexity index is 447. The molecule has 0 atom stereocenters. The topological polar surface area (TPSA) is 30.2 Å². The van der Waals surface area contributed by atoms with Gasteiger partial charge < -0.3 is 0 Å². The summed E-state index contributed by atoms with van der Waals surface area (Å²) >= 11 is 6.06. The second kappa shape index (κ2) is 3.00. The zero-order valence-electron chi connectivity index (χ0n) is 7.58. The molecular weight excluding hydrogens is 186 g/mol. The van der Waals surface area contributed by atoms with Crippen molar-refractivity contribution in [2.24, 2.45) is 0 Å². The van der Waals surface area contributed by atoms with Gasteiger partial charge in [0.15, 0.2) is 11.5 Å². The van der Waals surface area contributed by atoms with E-state index in [1.165, 1.54) is 0 Å². The molecule has 2 rings (SSSR count). The van der Waals surface area contributed by atoms with Gasteiger partial charge in [0.1, 0.15) is 5.15 Å². The number of hydrogen-bond donors (Lipinski definition) is 0. The van der Waals surface area contributed by atoms with Crippen molar-refractivity contribution in [3.8, 4) is 0 Å². The normalized spacial score (nSPS) is 11.0. The summed E-state index contributed by atoms with van der Waals surface area (Å²) in [5, 5.41) is 4.91. The molecule has 3 nitrogen and oxygen atoms in total. The highest BCUT2D eigenvalue weighted by Gasteiger charge is 2.05. The highest BCUT2D eigenvalue weighted by atomic mass is 35.5. The fourth-order valence-corrected chi connectivity index (χ4v) is 1.39. The third-order valence-corrected chi connectivity index (χ3v) is 2.44. The zero-order chi connectivity index (χ0) is 9.42. The van der Waals surface area contributed by atoms with E-state index in [9.17, 15) is 0 Å². The monoisotopic (exact) mass is 195 g/mol. The van der Waals surface area contributed by atoms with E-state index in [2.05, 4.69) is 10.1 Å². The molecule has 0 radical (unpaired) electrons. The largest absolute Gasteiger partial charge is 0.212 e. The molecule has 0 unspecified atom stereocenters. The van der Waals surface area contributed by atoms with Crippen LogP contribution < -0.4 is 0 Å². The number of aromatic nitrogens is 3. The molecule has 4 heteroatoms. The molecule has 2 aromatic heterocycles. The lowest BCUT2D eigenvalue weighted by atomic mass is 10.3. The quantitative estimate of drug-likeness (QED) is 0.654. The maximum Gasteiger partial charge on any atom is 0.157 e. The van der Waals surface area contributed by atoms with E-state index in [1.807, 2.05) is 26.0 Å². The van der Waals surface area contributed by atoms with E-state index < -0.39 is 0 Å². The van der Waals surface area contributed by atoms with Crippen LogP contribution in [-0.2, 0) is 6.42 Å². The Morgan fingerprint density at radius 1 is 1.46 bits per heavy atom. The Hall–Kier alpha value is -1.09. The molecule has 0 aliphatic heterocycles. The van der Waals surface area contributed by atoms with Crippen molar-refractivity contribution in [3.63, 3.8) is 0 Å². The number of fused-ring (bicyclic) bond motifs is 1. The van der Waals surface area contributed by atoms with Crippen LogP contribution in [0.25, 0.3) is 5.65 Å². The van der Waals surface area contributed by atoms with Crippen LogP contribution in [0.1, 0.15) is 18.3 Å². The van der Waals surface area contributed by atoms with Crippen molar-refractivity contribution in [2.45, 2.75) is 20.3 Å². The first kappa shape index (κ1) is 8.51. The van der Waals surface area contributed by atoms with E-state index >= 15 is 0 Å². The predicted octanol–water partition coefficient (Wildman–Crippen LogP) is 2.25. The van der Waals surface area contributed by atoms with Crippen LogP contribution in [0.3, 0.4) is 0 Å². The third kappa shape index (κ3) is 1.29. The van der Waals surface area contributed by atoms with Gasteiger partial charge in [0.25, 0.3) is 0 Å². The van der Waals surface area contributed by atoms with E-state index in [0.29, 0.717) is 5.15 Å². The van der Waals surface area contributed by atoms with Crippen molar-refractivity contribution >= 4 is 17.2 Å². The predicted molar refractivity (Wildman–Crippen MR) is 52.1 cm³/mol. The molecule has 0 saturated heterocycles. The summed E-state index contributed by atoms with van der Waals surface area (Å²) in [4.78, 5) is 4.30. The molecule has 0 saturated carbocycles. The molecule has 0 aliphatic carbocycles. The van der Waals surface area contributed by atoms with Gasteiger partial charge in [0, 0.05) is 6.42 Å². The molecule has 68 valence electrons. The minimum atomic E-state index is 0.643. The SMILES string of the molecule is CCc1nc2ccc(C)c(Cl)n2n1. The van der Waals surface area contributed by atoms with E-state index in [0.717, 1.165) is 23.5 Å². The average molecular weight is 196 g/mol. The van der Waals surface area contributed by atoms with Crippen LogP contribution >= 0.6 is 11.6 Å². The second-order valence-electron chi connectivity index (χ2n) is 2.96. The van der Waals surface area contributed by atoms with Gasteiger partial charge in [-0.05, 0) is 18.6 Å². The Morgan fingerprint density at radius 3 is 2.92 bits per heavy atom. The van der Waals surface area contributed by atoms with Gasteiger partial charge in [-0.15, -0.1) is 5.10 Å². The number of aryl methyl sites for hydroxylation is 2. The van der Waals surface area contributed by atoms with Crippen LogP contribution in [0.15, 0.2) is 12.1 Å². The van der Waals surface area contributed by atoms with Crippen molar-refractivity contribution < 1.29 is 0 Å². The lowest BCUT2D eigenvalue weighted by Crippen LogP contribution is -1.92. The van der Waals surface area contributed by atoms with E-state index in [1.54, 1.807) is 4.52 Å². The maximum atomic E-state index is 6.06. The lowest BCUT2D eigenvalue weighted by Gasteiger charge is -1.97. The van der Waals surface area contributed by atoms with Gasteiger partial charge in [0.05, 0.1) is 0 Å². The van der Waals surface area contributed by atoms with Gasteiger partial charge in [0.2, 0.25) is 0 Å². The maximum absolute atomic E-state index is 6.06. The molecule has 2 heterocycles. The van der Waals surface area contributed by atoms with Gasteiger partial charge in [-0.2, -0.15) is 0 Å². The van der Waals surface area contributed by atoms with Gasteiger partial charge in [-0.1, -0.05) is 24.6 Å². The van der Waals surface area contributed by atoms with Crippen LogP contribution in [0, 0.1) is 6.92 Å². The first-order valence-electron chi connectivity index (χ1n) is 4.23. The Morgan fingerprint density at radius 2 is 2.23 bits per heavy atom. The summed E-state index contributed by atoms with van der Waals surface area (Å²) in [6.45, 7) is 3.98. The molecule has 0 amide bonds. The summed E-state index contributed by atoms with van der Waals surface area (Å²) in [5.74, 6) is 0.826. The molecule has 0 spiro atoms. The van der Waals surface area contributed by atoms with Crippen molar-refractivity contribution in [1.82, 2.24) is 14.6 Å². The molecule has 13 heavy (non-hydrogen) atoms. The highest BCUT2D eigenvalue weighted by Crippen LogP contribution is 2.16. The minimum Gasteiger partial charge on any atom is -0.212 e. The van der Waals surface area contributed by atoms with Gasteiger partial charge in [-0.25, -0.2) is 9.50 Å². The lowest BCUT2D eigenvalue weighted by molar-refractivity contribution is 0.882. The van der Waals surface area contributed by atoms with Gasteiger partial charge in [-0.3, -0.25) is 0 Å². The smallest absolute Gasteiger partial charge is 0.157 e. The fourth-order valence-electron chi connectivity index (χ4n) is 1.21. The summed E-state index contributed by atoms with van der Waals surface area (Å²) in [6.07, 6.45) is 0.830. The van der Waals surface area contributed by atoms with E-state index in [4.69, 9.17) is 11.6 Å². The Kier molecular flexibility index (Phi) is 1.96. The standard InChI is InChI=1S/C9H10ClN3/c1-3-7-11-8-5-4-6(2)9(10)13(8)12-7/h4-5H,3H2,1-2H3. The summed E-state index contributed by atoms with van der Waals surface area (Å²) in [6, 6.07) is 3.87.